The molecule has 1 saturated heterocycles. The molecule has 1 amide bonds. The summed E-state index contributed by atoms with van der Waals surface area (Å²) in [4.78, 5) is 14.0. The van der Waals surface area contributed by atoms with Gasteiger partial charge in [0.15, 0.2) is 0 Å². The highest BCUT2D eigenvalue weighted by Gasteiger charge is 2.34. The third-order valence-electron chi connectivity index (χ3n) is 5.61. The first-order valence-electron chi connectivity index (χ1n) is 10.1. The Kier molecular flexibility index (Phi) is 5.96. The van der Waals surface area contributed by atoms with E-state index in [2.05, 4.69) is 0 Å². The van der Waals surface area contributed by atoms with Gasteiger partial charge in [0, 0.05) is 26.2 Å². The van der Waals surface area contributed by atoms with Crippen LogP contribution in [0.2, 0.25) is 0 Å². The Labute approximate surface area is 184 Å². The molecule has 0 aliphatic carbocycles. The summed E-state index contributed by atoms with van der Waals surface area (Å²) in [5.74, 6) is -0.113. The van der Waals surface area contributed by atoms with E-state index in [1.165, 1.54) is 0 Å². The van der Waals surface area contributed by atoms with E-state index in [4.69, 9.17) is 0 Å². The average Bonchev–Trinajstić information content (AvgIpc) is 2.79. The average molecular weight is 462 g/mol. The Balaban J connectivity index is 1.44. The van der Waals surface area contributed by atoms with Crippen molar-refractivity contribution in [3.05, 3.63) is 77.9 Å². The number of carbonyl (C=O) groups excluding carboxylic acids is 1. The molecule has 3 aromatic rings. The lowest BCUT2D eigenvalue weighted by Crippen LogP contribution is -2.50. The summed E-state index contributed by atoms with van der Waals surface area (Å²) in [6.45, 7) is 0.420. The quantitative estimate of drug-likeness (QED) is 0.590. The van der Waals surface area contributed by atoms with E-state index in [9.17, 15) is 26.4 Å². The molecule has 0 unspecified atom stereocenters. The van der Waals surface area contributed by atoms with Gasteiger partial charge in [0.2, 0.25) is 15.9 Å². The van der Waals surface area contributed by atoms with E-state index in [-0.39, 0.29) is 38.5 Å². The number of halogens is 3. The van der Waals surface area contributed by atoms with Crippen LogP contribution >= 0.6 is 0 Å². The summed E-state index contributed by atoms with van der Waals surface area (Å²) in [5.41, 5.74) is -0.116. The zero-order valence-corrected chi connectivity index (χ0v) is 17.9. The van der Waals surface area contributed by atoms with Crippen molar-refractivity contribution >= 4 is 26.7 Å². The molecular formula is C23H21F3N2O3S. The molecule has 5 nitrogen and oxygen atoms in total. The highest BCUT2D eigenvalue weighted by atomic mass is 32.2. The molecule has 32 heavy (non-hydrogen) atoms. The normalized spacial score (nSPS) is 15.8. The van der Waals surface area contributed by atoms with Gasteiger partial charge in [-0.15, -0.1) is 0 Å². The number of nitrogens with zero attached hydrogens (tertiary/aromatic N) is 2. The number of alkyl halides is 3. The molecular weight excluding hydrogens is 441 g/mol. The van der Waals surface area contributed by atoms with Crippen molar-refractivity contribution < 1.29 is 26.4 Å². The molecule has 0 saturated carbocycles. The predicted octanol–water partition coefficient (Wildman–Crippen LogP) is 3.93. The molecule has 9 heteroatoms. The molecule has 0 spiro atoms. The molecule has 0 radical (unpaired) electrons. The predicted molar refractivity (Wildman–Crippen MR) is 114 cm³/mol. The largest absolute Gasteiger partial charge is 0.416 e. The van der Waals surface area contributed by atoms with Crippen LogP contribution in [0.1, 0.15) is 11.1 Å². The highest BCUT2D eigenvalue weighted by molar-refractivity contribution is 7.89. The molecule has 0 atom stereocenters. The Morgan fingerprint density at radius 1 is 0.875 bits per heavy atom. The van der Waals surface area contributed by atoms with Crippen molar-refractivity contribution in [2.45, 2.75) is 17.5 Å². The summed E-state index contributed by atoms with van der Waals surface area (Å²) < 4.78 is 65.7. The van der Waals surface area contributed by atoms with Crippen molar-refractivity contribution in [1.29, 1.82) is 0 Å². The van der Waals surface area contributed by atoms with E-state index in [1.54, 1.807) is 4.90 Å². The van der Waals surface area contributed by atoms with Crippen LogP contribution in [0.3, 0.4) is 0 Å². The van der Waals surface area contributed by atoms with Crippen LogP contribution in [-0.4, -0.2) is 49.7 Å². The van der Waals surface area contributed by atoms with Gasteiger partial charge in [-0.3, -0.25) is 4.79 Å². The van der Waals surface area contributed by atoms with Gasteiger partial charge in [0.25, 0.3) is 0 Å². The number of benzene rings is 3. The van der Waals surface area contributed by atoms with E-state index in [1.807, 2.05) is 42.5 Å². The highest BCUT2D eigenvalue weighted by Crippen LogP contribution is 2.31. The van der Waals surface area contributed by atoms with Gasteiger partial charge in [0.05, 0.1) is 16.9 Å². The molecule has 0 N–H and O–H groups in total. The molecule has 1 aliphatic heterocycles. The minimum absolute atomic E-state index is 0.0276. The second-order valence-electron chi connectivity index (χ2n) is 7.63. The lowest BCUT2D eigenvalue weighted by Gasteiger charge is -2.34. The van der Waals surface area contributed by atoms with Gasteiger partial charge < -0.3 is 4.90 Å². The van der Waals surface area contributed by atoms with Crippen LogP contribution in [0.15, 0.2) is 71.6 Å². The molecule has 168 valence electrons. The first-order chi connectivity index (χ1) is 15.2. The van der Waals surface area contributed by atoms with Gasteiger partial charge >= 0.3 is 6.18 Å². The fraction of sp³-hybridized carbons (Fsp3) is 0.261. The number of rotatable bonds is 4. The minimum Gasteiger partial charge on any atom is -0.340 e. The number of amides is 1. The zero-order valence-electron chi connectivity index (χ0n) is 17.0. The third-order valence-corrected chi connectivity index (χ3v) is 7.51. The monoisotopic (exact) mass is 462 g/mol. The van der Waals surface area contributed by atoms with Crippen molar-refractivity contribution in [3.63, 3.8) is 0 Å². The van der Waals surface area contributed by atoms with Gasteiger partial charge in [0.1, 0.15) is 0 Å². The molecule has 4 rings (SSSR count). The lowest BCUT2D eigenvalue weighted by molar-refractivity contribution is -0.137. The summed E-state index contributed by atoms with van der Waals surface area (Å²) in [6.07, 6.45) is -4.43. The summed E-state index contributed by atoms with van der Waals surface area (Å²) >= 11 is 0. The SMILES string of the molecule is O=C(Cc1cccc2ccccc12)N1CCN(S(=O)(=O)c2cccc(C(F)(F)F)c2)CC1. The molecule has 0 bridgehead atoms. The zero-order chi connectivity index (χ0) is 22.9. The number of fused-ring (bicyclic) bond motifs is 1. The standard InChI is InChI=1S/C23H21F3N2O3S/c24-23(25,26)19-8-4-9-20(16-19)32(30,31)28-13-11-27(12-14-28)22(29)15-18-7-3-6-17-5-1-2-10-21(17)18/h1-10,16H,11-15H2. The van der Waals surface area contributed by atoms with Crippen molar-refractivity contribution in [1.82, 2.24) is 9.21 Å². The third kappa shape index (κ3) is 4.49. The van der Waals surface area contributed by atoms with Gasteiger partial charge in [-0.05, 0) is 34.5 Å². The van der Waals surface area contributed by atoms with Crippen LogP contribution < -0.4 is 0 Å². The van der Waals surface area contributed by atoms with Crippen LogP contribution in [0.5, 0.6) is 0 Å². The summed E-state index contributed by atoms with van der Waals surface area (Å²) in [6, 6.07) is 17.3. The Morgan fingerprint density at radius 2 is 1.53 bits per heavy atom. The molecule has 3 aromatic carbocycles. The summed E-state index contributed by atoms with van der Waals surface area (Å²) in [7, 11) is -4.09. The maximum atomic E-state index is 13.0. The number of hydrogen-bond donors (Lipinski definition) is 0. The van der Waals surface area contributed by atoms with Gasteiger partial charge in [-0.2, -0.15) is 17.5 Å². The first-order valence-corrected chi connectivity index (χ1v) is 11.5. The fourth-order valence-electron chi connectivity index (χ4n) is 3.88. The smallest absolute Gasteiger partial charge is 0.340 e. The number of carbonyl (C=O) groups is 1. The van der Waals surface area contributed by atoms with E-state index >= 15 is 0 Å². The lowest BCUT2D eigenvalue weighted by atomic mass is 10.0. The molecule has 1 aliphatic rings. The van der Waals surface area contributed by atoms with Crippen LogP contribution in [0.4, 0.5) is 13.2 Å². The minimum atomic E-state index is -4.63. The Morgan fingerprint density at radius 3 is 2.25 bits per heavy atom. The topological polar surface area (TPSA) is 57.7 Å². The molecule has 0 aromatic heterocycles. The van der Waals surface area contributed by atoms with Gasteiger partial charge in [-0.25, -0.2) is 8.42 Å². The Hall–Kier alpha value is -2.91. The van der Waals surface area contributed by atoms with Crippen LogP contribution in [0.25, 0.3) is 10.8 Å². The van der Waals surface area contributed by atoms with Crippen molar-refractivity contribution in [3.8, 4) is 0 Å². The maximum Gasteiger partial charge on any atom is 0.416 e. The first kappa shape index (κ1) is 22.3. The summed E-state index contributed by atoms with van der Waals surface area (Å²) in [5, 5.41) is 2.03. The van der Waals surface area contributed by atoms with E-state index in [0.717, 1.165) is 38.8 Å². The Bertz CT molecular complexity index is 1250. The van der Waals surface area contributed by atoms with Gasteiger partial charge in [-0.1, -0.05) is 48.5 Å². The maximum absolute atomic E-state index is 13.0. The van der Waals surface area contributed by atoms with E-state index < -0.39 is 26.7 Å². The van der Waals surface area contributed by atoms with Crippen molar-refractivity contribution in [2.24, 2.45) is 0 Å². The fourth-order valence-corrected chi connectivity index (χ4v) is 5.35. The van der Waals surface area contributed by atoms with Crippen molar-refractivity contribution in [2.75, 3.05) is 26.2 Å². The molecule has 1 fully saturated rings. The number of piperazine rings is 1. The number of sulfonamides is 1. The second-order valence-corrected chi connectivity index (χ2v) is 9.56. The van der Waals surface area contributed by atoms with Crippen LogP contribution in [0, 0.1) is 0 Å². The molecule has 1 heterocycles. The van der Waals surface area contributed by atoms with Crippen LogP contribution in [-0.2, 0) is 27.4 Å². The number of hydrogen-bond acceptors (Lipinski definition) is 3. The second kappa shape index (κ2) is 8.55. The van der Waals surface area contributed by atoms with E-state index in [0.29, 0.717) is 6.07 Å².